The SMILES string of the molecule is CCCNC(=O)N1CCC(O)(c2csc(CN3CCC(O)C3)n2)CC1. The average Bonchev–Trinajstić information content (AvgIpc) is 3.23. The molecule has 0 aromatic carbocycles. The van der Waals surface area contributed by atoms with Crippen LogP contribution in [0.15, 0.2) is 5.38 Å². The number of thiazole rings is 1. The minimum Gasteiger partial charge on any atom is -0.392 e. The van der Waals surface area contributed by atoms with Gasteiger partial charge in [0.1, 0.15) is 10.6 Å². The number of urea groups is 1. The maximum atomic E-state index is 12.0. The fourth-order valence-corrected chi connectivity index (χ4v) is 4.35. The molecule has 2 fully saturated rings. The van der Waals surface area contributed by atoms with Crippen LogP contribution in [0.5, 0.6) is 0 Å². The predicted molar refractivity (Wildman–Crippen MR) is 96.4 cm³/mol. The predicted octanol–water partition coefficient (Wildman–Crippen LogP) is 1.11. The summed E-state index contributed by atoms with van der Waals surface area (Å²) in [6.07, 6.45) is 2.53. The molecule has 7 nitrogen and oxygen atoms in total. The minimum atomic E-state index is -0.944. The zero-order valence-electron chi connectivity index (χ0n) is 14.8. The van der Waals surface area contributed by atoms with E-state index in [-0.39, 0.29) is 12.1 Å². The van der Waals surface area contributed by atoms with Crippen molar-refractivity contribution in [1.29, 1.82) is 0 Å². The van der Waals surface area contributed by atoms with Crippen LogP contribution < -0.4 is 5.32 Å². The molecule has 2 amide bonds. The van der Waals surface area contributed by atoms with Crippen LogP contribution in [-0.2, 0) is 12.1 Å². The maximum Gasteiger partial charge on any atom is 0.317 e. The van der Waals surface area contributed by atoms with Gasteiger partial charge in [0.05, 0.1) is 18.3 Å². The van der Waals surface area contributed by atoms with Crippen molar-refractivity contribution in [1.82, 2.24) is 20.1 Å². The van der Waals surface area contributed by atoms with Gasteiger partial charge in [-0.05, 0) is 25.7 Å². The number of carbonyl (C=O) groups excluding carboxylic acids is 1. The highest BCUT2D eigenvalue weighted by Crippen LogP contribution is 2.33. The molecule has 2 saturated heterocycles. The Kier molecular flexibility index (Phi) is 5.93. The molecular weight excluding hydrogens is 340 g/mol. The third-order valence-electron chi connectivity index (χ3n) is 5.04. The van der Waals surface area contributed by atoms with Gasteiger partial charge in [-0.15, -0.1) is 11.3 Å². The number of nitrogens with zero attached hydrogens (tertiary/aromatic N) is 3. The van der Waals surface area contributed by atoms with Gasteiger partial charge in [-0.3, -0.25) is 4.90 Å². The number of piperidine rings is 1. The Labute approximate surface area is 152 Å². The zero-order valence-corrected chi connectivity index (χ0v) is 15.6. The van der Waals surface area contributed by atoms with Gasteiger partial charge in [0, 0.05) is 38.1 Å². The molecule has 0 bridgehead atoms. The van der Waals surface area contributed by atoms with Gasteiger partial charge >= 0.3 is 6.03 Å². The van der Waals surface area contributed by atoms with Crippen LogP contribution in [0, 0.1) is 0 Å². The Bertz CT molecular complexity index is 586. The summed E-state index contributed by atoms with van der Waals surface area (Å²) in [5.74, 6) is 0. The van der Waals surface area contributed by atoms with Gasteiger partial charge in [-0.1, -0.05) is 6.92 Å². The van der Waals surface area contributed by atoms with Crippen LogP contribution in [0.3, 0.4) is 0 Å². The third-order valence-corrected chi connectivity index (χ3v) is 5.87. The van der Waals surface area contributed by atoms with Crippen molar-refractivity contribution in [3.05, 3.63) is 16.1 Å². The molecule has 3 N–H and O–H groups in total. The van der Waals surface area contributed by atoms with Crippen LogP contribution in [0.25, 0.3) is 0 Å². The van der Waals surface area contributed by atoms with Gasteiger partial charge in [-0.2, -0.15) is 0 Å². The Balaban J connectivity index is 1.54. The lowest BCUT2D eigenvalue weighted by molar-refractivity contribution is -0.0200. The molecule has 140 valence electrons. The van der Waals surface area contributed by atoms with E-state index in [4.69, 9.17) is 0 Å². The van der Waals surface area contributed by atoms with Crippen molar-refractivity contribution < 1.29 is 15.0 Å². The number of hydrogen-bond acceptors (Lipinski definition) is 6. The summed E-state index contributed by atoms with van der Waals surface area (Å²) in [5, 5.41) is 26.4. The summed E-state index contributed by atoms with van der Waals surface area (Å²) >= 11 is 1.56. The Morgan fingerprint density at radius 1 is 1.44 bits per heavy atom. The minimum absolute atomic E-state index is 0.0459. The molecule has 2 aliphatic heterocycles. The summed E-state index contributed by atoms with van der Waals surface area (Å²) < 4.78 is 0. The number of aliphatic hydroxyl groups is 2. The fraction of sp³-hybridized carbons (Fsp3) is 0.765. The molecule has 2 aliphatic rings. The molecule has 0 radical (unpaired) electrons. The van der Waals surface area contributed by atoms with Gasteiger partial charge < -0.3 is 20.4 Å². The summed E-state index contributed by atoms with van der Waals surface area (Å²) in [7, 11) is 0. The van der Waals surface area contributed by atoms with Crippen LogP contribution in [0.1, 0.15) is 43.3 Å². The molecule has 1 atom stereocenters. The first kappa shape index (κ1) is 18.6. The van der Waals surface area contributed by atoms with Crippen molar-refractivity contribution in [2.45, 2.75) is 50.9 Å². The van der Waals surface area contributed by atoms with Crippen LogP contribution in [-0.4, -0.2) is 69.9 Å². The molecule has 3 heterocycles. The number of rotatable bonds is 5. The Hall–Kier alpha value is -1.22. The molecule has 3 rings (SSSR count). The van der Waals surface area contributed by atoms with E-state index >= 15 is 0 Å². The van der Waals surface area contributed by atoms with Gasteiger partial charge in [-0.25, -0.2) is 9.78 Å². The van der Waals surface area contributed by atoms with Gasteiger partial charge in [0.25, 0.3) is 0 Å². The summed E-state index contributed by atoms with van der Waals surface area (Å²) in [6.45, 7) is 6.10. The Morgan fingerprint density at radius 3 is 2.84 bits per heavy atom. The molecule has 8 heteroatoms. The second-order valence-corrected chi connectivity index (χ2v) is 8.00. The summed E-state index contributed by atoms with van der Waals surface area (Å²) in [6, 6.07) is -0.0459. The lowest BCUT2D eigenvalue weighted by atomic mass is 9.89. The normalized spacial score (nSPS) is 23.8. The fourth-order valence-electron chi connectivity index (χ4n) is 3.42. The molecule has 1 aromatic rings. The second kappa shape index (κ2) is 7.99. The maximum absolute atomic E-state index is 12.0. The lowest BCUT2D eigenvalue weighted by Gasteiger charge is -2.37. The quantitative estimate of drug-likeness (QED) is 0.725. The van der Waals surface area contributed by atoms with E-state index in [0.29, 0.717) is 39.0 Å². The van der Waals surface area contributed by atoms with Crippen LogP contribution in [0.2, 0.25) is 0 Å². The van der Waals surface area contributed by atoms with Crippen molar-refractivity contribution >= 4 is 17.4 Å². The molecular formula is C17H28N4O3S. The monoisotopic (exact) mass is 368 g/mol. The van der Waals surface area contributed by atoms with Crippen molar-refractivity contribution in [2.75, 3.05) is 32.7 Å². The largest absolute Gasteiger partial charge is 0.392 e. The number of aromatic nitrogens is 1. The standard InChI is InChI=1S/C17H28N4O3S/c1-2-6-18-16(23)21-8-4-17(24,5-9-21)14-12-25-15(19-14)11-20-7-3-13(22)10-20/h12-13,22,24H,2-11H2,1H3,(H,18,23). The number of hydrogen-bond donors (Lipinski definition) is 3. The van der Waals surface area contributed by atoms with E-state index in [1.54, 1.807) is 16.2 Å². The van der Waals surface area contributed by atoms with Crippen LogP contribution >= 0.6 is 11.3 Å². The first-order chi connectivity index (χ1) is 12.0. The average molecular weight is 369 g/mol. The smallest absolute Gasteiger partial charge is 0.317 e. The van der Waals surface area contributed by atoms with E-state index in [0.717, 1.165) is 36.6 Å². The highest BCUT2D eigenvalue weighted by Gasteiger charge is 2.37. The Morgan fingerprint density at radius 2 is 2.20 bits per heavy atom. The first-order valence-electron chi connectivity index (χ1n) is 9.10. The van der Waals surface area contributed by atoms with Crippen LogP contribution in [0.4, 0.5) is 4.79 Å². The summed E-state index contributed by atoms with van der Waals surface area (Å²) in [5.41, 5.74) is -0.221. The number of likely N-dealkylation sites (tertiary alicyclic amines) is 2. The molecule has 25 heavy (non-hydrogen) atoms. The molecule has 0 saturated carbocycles. The van der Waals surface area contributed by atoms with Crippen molar-refractivity contribution in [2.24, 2.45) is 0 Å². The number of nitrogens with one attached hydrogen (secondary N) is 1. The number of aliphatic hydroxyl groups excluding tert-OH is 1. The second-order valence-electron chi connectivity index (χ2n) is 7.05. The molecule has 0 spiro atoms. The van der Waals surface area contributed by atoms with E-state index in [2.05, 4.69) is 15.2 Å². The first-order valence-corrected chi connectivity index (χ1v) is 9.98. The van der Waals surface area contributed by atoms with Crippen molar-refractivity contribution in [3.63, 3.8) is 0 Å². The highest BCUT2D eigenvalue weighted by atomic mass is 32.1. The topological polar surface area (TPSA) is 88.9 Å². The van der Waals surface area contributed by atoms with Gasteiger partial charge in [0.2, 0.25) is 0 Å². The summed E-state index contributed by atoms with van der Waals surface area (Å²) in [4.78, 5) is 20.6. The van der Waals surface area contributed by atoms with Gasteiger partial charge in [0.15, 0.2) is 0 Å². The van der Waals surface area contributed by atoms with E-state index in [1.807, 2.05) is 12.3 Å². The third kappa shape index (κ3) is 4.49. The number of carbonyl (C=O) groups is 1. The number of amides is 2. The zero-order chi connectivity index (χ0) is 17.9. The lowest BCUT2D eigenvalue weighted by Crippen LogP contribution is -2.49. The van der Waals surface area contributed by atoms with E-state index < -0.39 is 5.60 Å². The number of β-amino-alcohol motifs (C(OH)–C–C–N with tert-alkyl or cyclic N) is 1. The van der Waals surface area contributed by atoms with Crippen molar-refractivity contribution in [3.8, 4) is 0 Å². The highest BCUT2D eigenvalue weighted by molar-refractivity contribution is 7.09. The van der Waals surface area contributed by atoms with E-state index in [1.165, 1.54) is 0 Å². The van der Waals surface area contributed by atoms with E-state index in [9.17, 15) is 15.0 Å². The molecule has 0 aliphatic carbocycles. The molecule has 1 unspecified atom stereocenters. The molecule has 1 aromatic heterocycles.